The zero-order valence-corrected chi connectivity index (χ0v) is 19.9. The summed E-state index contributed by atoms with van der Waals surface area (Å²) < 4.78 is 31.6. The van der Waals surface area contributed by atoms with Crippen LogP contribution in [0.25, 0.3) is 0 Å². The molecule has 7 nitrogen and oxygen atoms in total. The molecule has 0 amide bonds. The highest BCUT2D eigenvalue weighted by Crippen LogP contribution is 2.56. The van der Waals surface area contributed by atoms with Crippen molar-refractivity contribution < 1.29 is 22.6 Å². The largest absolute Gasteiger partial charge is 0.508 e. The number of phenols is 1. The summed E-state index contributed by atoms with van der Waals surface area (Å²) in [6, 6.07) is 7.00. The lowest BCUT2D eigenvalue weighted by Crippen LogP contribution is -2.61. The first-order chi connectivity index (χ1) is 15.2. The van der Waals surface area contributed by atoms with Crippen LogP contribution in [0.15, 0.2) is 18.2 Å². The summed E-state index contributed by atoms with van der Waals surface area (Å²) in [4.78, 5) is 5.36. The summed E-state index contributed by atoms with van der Waals surface area (Å²) in [5.41, 5.74) is 3.40. The quantitative estimate of drug-likeness (QED) is 0.586. The molecule has 8 heteroatoms. The molecule has 32 heavy (non-hydrogen) atoms. The van der Waals surface area contributed by atoms with E-state index in [2.05, 4.69) is 29.0 Å². The molecule has 2 saturated heterocycles. The SMILES string of the molecule is CN1CCC(CCN2CC[C@]34CCCC[C@H]3[C@H]2Cc2ccc(O)cc24)CC1.O=S(=O)(O)O. The molecule has 2 heterocycles. The molecule has 1 aromatic rings. The van der Waals surface area contributed by atoms with Crippen LogP contribution in [0.1, 0.15) is 62.5 Å². The van der Waals surface area contributed by atoms with E-state index in [4.69, 9.17) is 17.5 Å². The molecule has 3 atom stereocenters. The van der Waals surface area contributed by atoms with Crippen molar-refractivity contribution in [3.8, 4) is 5.75 Å². The molecule has 5 rings (SSSR count). The predicted octanol–water partition coefficient (Wildman–Crippen LogP) is 3.53. The average Bonchev–Trinajstić information content (AvgIpc) is 2.74. The van der Waals surface area contributed by atoms with Gasteiger partial charge in [-0.25, -0.2) is 0 Å². The molecule has 2 bridgehead atoms. The van der Waals surface area contributed by atoms with Gasteiger partial charge in [-0.15, -0.1) is 0 Å². The van der Waals surface area contributed by atoms with E-state index in [-0.39, 0.29) is 0 Å². The summed E-state index contributed by atoms with van der Waals surface area (Å²) in [5.74, 6) is 2.22. The Morgan fingerprint density at radius 3 is 2.50 bits per heavy atom. The molecule has 2 aliphatic carbocycles. The molecule has 1 saturated carbocycles. The van der Waals surface area contributed by atoms with E-state index < -0.39 is 10.4 Å². The van der Waals surface area contributed by atoms with Crippen molar-refractivity contribution in [3.63, 3.8) is 0 Å². The highest BCUT2D eigenvalue weighted by atomic mass is 32.3. The summed E-state index contributed by atoms with van der Waals surface area (Å²) in [6.07, 6.45) is 12.2. The average molecular weight is 467 g/mol. The fraction of sp³-hybridized carbons (Fsp3) is 0.750. The molecule has 4 aliphatic rings. The number of nitrogens with zero attached hydrogens (tertiary/aromatic N) is 2. The van der Waals surface area contributed by atoms with Crippen LogP contribution in [0.3, 0.4) is 0 Å². The van der Waals surface area contributed by atoms with Gasteiger partial charge in [0.2, 0.25) is 0 Å². The Morgan fingerprint density at radius 1 is 1.06 bits per heavy atom. The minimum absolute atomic E-state index is 0.360. The Labute approximate surface area is 192 Å². The normalized spacial score (nSPS) is 31.2. The lowest BCUT2D eigenvalue weighted by Gasteiger charge is -2.59. The van der Waals surface area contributed by atoms with Gasteiger partial charge in [-0.3, -0.25) is 14.0 Å². The number of likely N-dealkylation sites (tertiary alicyclic amines) is 2. The van der Waals surface area contributed by atoms with Gasteiger partial charge in [0.15, 0.2) is 0 Å². The van der Waals surface area contributed by atoms with Crippen LogP contribution in [0.5, 0.6) is 5.75 Å². The first-order valence-corrected chi connectivity index (χ1v) is 13.5. The zero-order valence-electron chi connectivity index (χ0n) is 19.1. The number of hydrogen-bond donors (Lipinski definition) is 3. The molecular formula is C24H38N2O5S. The second-order valence-electron chi connectivity index (χ2n) is 10.4. The fourth-order valence-electron chi connectivity index (χ4n) is 7.05. The lowest BCUT2D eigenvalue weighted by molar-refractivity contribution is -0.0146. The van der Waals surface area contributed by atoms with Gasteiger partial charge >= 0.3 is 10.4 Å². The van der Waals surface area contributed by atoms with Gasteiger partial charge in [0, 0.05) is 11.5 Å². The third-order valence-electron chi connectivity index (χ3n) is 8.60. The number of hydrogen-bond acceptors (Lipinski definition) is 5. The van der Waals surface area contributed by atoms with E-state index >= 15 is 0 Å². The van der Waals surface area contributed by atoms with E-state index in [9.17, 15) is 5.11 Å². The van der Waals surface area contributed by atoms with Crippen molar-refractivity contribution in [2.75, 3.05) is 33.2 Å². The molecule has 0 aromatic heterocycles. The minimum Gasteiger partial charge on any atom is -0.508 e. The van der Waals surface area contributed by atoms with Gasteiger partial charge in [0.05, 0.1) is 0 Å². The van der Waals surface area contributed by atoms with Crippen molar-refractivity contribution in [2.24, 2.45) is 11.8 Å². The van der Waals surface area contributed by atoms with Crippen LogP contribution < -0.4 is 0 Å². The van der Waals surface area contributed by atoms with Crippen molar-refractivity contribution in [1.82, 2.24) is 9.80 Å². The summed E-state index contributed by atoms with van der Waals surface area (Å²) in [7, 11) is -2.40. The first kappa shape index (κ1) is 24.0. The minimum atomic E-state index is -4.67. The molecule has 1 aromatic carbocycles. The number of phenolic OH excluding ortho intramolecular Hbond substituents is 1. The van der Waals surface area contributed by atoms with E-state index in [0.29, 0.717) is 11.2 Å². The Kier molecular flexibility index (Phi) is 7.17. The third-order valence-corrected chi connectivity index (χ3v) is 8.60. The number of rotatable bonds is 3. The number of aromatic hydroxyl groups is 1. The Morgan fingerprint density at radius 2 is 1.78 bits per heavy atom. The van der Waals surface area contributed by atoms with E-state index in [0.717, 1.165) is 17.9 Å². The lowest BCUT2D eigenvalue weighted by atomic mass is 9.52. The van der Waals surface area contributed by atoms with Crippen molar-refractivity contribution in [3.05, 3.63) is 29.3 Å². The summed E-state index contributed by atoms with van der Waals surface area (Å²) in [5, 5.41) is 10.2. The van der Waals surface area contributed by atoms with Gasteiger partial charge in [-0.2, -0.15) is 8.42 Å². The second-order valence-corrected chi connectivity index (χ2v) is 11.3. The third kappa shape index (κ3) is 5.30. The highest BCUT2D eigenvalue weighted by Gasteiger charge is 2.53. The van der Waals surface area contributed by atoms with E-state index in [1.807, 2.05) is 6.07 Å². The predicted molar refractivity (Wildman–Crippen MR) is 124 cm³/mol. The molecule has 0 unspecified atom stereocenters. The molecule has 0 spiro atoms. The van der Waals surface area contributed by atoms with Crippen LogP contribution in [0.2, 0.25) is 0 Å². The van der Waals surface area contributed by atoms with Gasteiger partial charge in [0.1, 0.15) is 5.75 Å². The van der Waals surface area contributed by atoms with Crippen molar-refractivity contribution in [1.29, 1.82) is 0 Å². The molecule has 2 aliphatic heterocycles. The Bertz CT molecular complexity index is 892. The Hall–Kier alpha value is -1.19. The maximum absolute atomic E-state index is 10.2. The van der Waals surface area contributed by atoms with Crippen LogP contribution in [-0.2, 0) is 22.2 Å². The molecule has 3 N–H and O–H groups in total. The maximum Gasteiger partial charge on any atom is 0.394 e. The standard InChI is InChI=1S/C24H36N2O.H2O4S/c1-25-12-7-18(8-13-25)9-14-26-15-11-24-10-3-2-4-21(24)23(26)16-19-5-6-20(27)17-22(19)24;1-5(2,3)4/h5-6,17-18,21,23,27H,2-4,7-16H2,1H3;(H2,1,2,3,4)/t21-,23+,24+;/m0./s1. The Balaban J connectivity index is 0.000000444. The van der Waals surface area contributed by atoms with Crippen molar-refractivity contribution in [2.45, 2.75) is 69.2 Å². The van der Waals surface area contributed by atoms with E-state index in [1.165, 1.54) is 95.1 Å². The zero-order chi connectivity index (χ0) is 22.9. The fourth-order valence-corrected chi connectivity index (χ4v) is 7.05. The van der Waals surface area contributed by atoms with Gasteiger partial charge in [-0.1, -0.05) is 18.9 Å². The van der Waals surface area contributed by atoms with Gasteiger partial charge in [-0.05, 0) is 113 Å². The molecular weight excluding hydrogens is 428 g/mol. The molecule has 3 fully saturated rings. The molecule has 180 valence electrons. The summed E-state index contributed by atoms with van der Waals surface area (Å²) >= 11 is 0. The molecule has 0 radical (unpaired) electrons. The van der Waals surface area contributed by atoms with Crippen LogP contribution in [0.4, 0.5) is 0 Å². The van der Waals surface area contributed by atoms with Gasteiger partial charge in [0.25, 0.3) is 0 Å². The maximum atomic E-state index is 10.2. The monoisotopic (exact) mass is 466 g/mol. The van der Waals surface area contributed by atoms with Crippen LogP contribution in [-0.4, -0.2) is 71.7 Å². The number of fused-ring (bicyclic) bond motifs is 1. The summed E-state index contributed by atoms with van der Waals surface area (Å²) in [6.45, 7) is 5.15. The topological polar surface area (TPSA) is 101 Å². The van der Waals surface area contributed by atoms with Crippen LogP contribution in [0, 0.1) is 11.8 Å². The van der Waals surface area contributed by atoms with E-state index in [1.54, 1.807) is 0 Å². The first-order valence-electron chi connectivity index (χ1n) is 12.1. The second kappa shape index (κ2) is 9.58. The van der Waals surface area contributed by atoms with Crippen molar-refractivity contribution >= 4 is 10.4 Å². The number of benzene rings is 1. The smallest absolute Gasteiger partial charge is 0.394 e. The van der Waals surface area contributed by atoms with Gasteiger partial charge < -0.3 is 10.0 Å². The van der Waals surface area contributed by atoms with Crippen LogP contribution >= 0.6 is 0 Å². The number of piperidine rings is 2. The highest BCUT2D eigenvalue weighted by molar-refractivity contribution is 7.79.